The number of ether oxygens (including phenoxy) is 2. The van der Waals surface area contributed by atoms with Gasteiger partial charge in [0.25, 0.3) is 20.0 Å². The number of allylic oxidation sites excluding steroid dienone is 2. The molecule has 24 heteroatoms. The normalized spacial score (nSPS) is 29.4. The molecule has 2 amide bonds. The highest BCUT2D eigenvalue weighted by Gasteiger charge is 2.49. The molecule has 0 radical (unpaired) electrons. The molecule has 3 aromatic heterocycles. The third-order valence-corrected chi connectivity index (χ3v) is 11.1. The second-order valence-corrected chi connectivity index (χ2v) is 15.0. The summed E-state index contributed by atoms with van der Waals surface area (Å²) in [5.41, 5.74) is 5.60. The summed E-state index contributed by atoms with van der Waals surface area (Å²) in [5.74, 6) is -0.858. The van der Waals surface area contributed by atoms with Crippen molar-refractivity contribution in [1.29, 1.82) is 0 Å². The predicted octanol–water partition coefficient (Wildman–Crippen LogP) is -1.99. The summed E-state index contributed by atoms with van der Waals surface area (Å²) in [7, 11) is -11.2. The molecular weight excluding hydrogens is 748 g/mol. The van der Waals surface area contributed by atoms with E-state index in [1.165, 1.54) is 51.2 Å². The molecule has 2 fully saturated rings. The summed E-state index contributed by atoms with van der Waals surface area (Å²) in [6.45, 7) is -0.255. The number of rotatable bonds is 14. The van der Waals surface area contributed by atoms with Crippen LogP contribution in [0.2, 0.25) is 0 Å². The van der Waals surface area contributed by atoms with Gasteiger partial charge in [0.05, 0.1) is 25.6 Å². The van der Waals surface area contributed by atoms with Gasteiger partial charge in [-0.1, -0.05) is 31.2 Å². The van der Waals surface area contributed by atoms with Crippen LogP contribution < -0.4 is 20.1 Å². The highest BCUT2D eigenvalue weighted by Crippen LogP contribution is 2.58. The molecule has 3 aliphatic rings. The summed E-state index contributed by atoms with van der Waals surface area (Å²) >= 11 is 0. The zero-order chi connectivity index (χ0) is 38.2. The number of nitrogens with zero attached hydrogens (tertiary/aromatic N) is 6. The summed E-state index contributed by atoms with van der Waals surface area (Å²) in [4.78, 5) is 61.3. The van der Waals surface area contributed by atoms with Gasteiger partial charge in [0.15, 0.2) is 41.7 Å². The van der Waals surface area contributed by atoms with Gasteiger partial charge >= 0.3 is 7.82 Å². The van der Waals surface area contributed by atoms with Crippen LogP contribution in [0.3, 0.4) is 0 Å². The van der Waals surface area contributed by atoms with E-state index in [4.69, 9.17) is 19.7 Å². The minimum absolute atomic E-state index is 0.0519. The van der Waals surface area contributed by atoms with Gasteiger partial charge in [-0.05, 0) is 6.07 Å². The lowest BCUT2D eigenvalue weighted by atomic mass is 10.1. The van der Waals surface area contributed by atoms with E-state index in [0.717, 1.165) is 0 Å². The number of imidazole rings is 1. The maximum absolute atomic E-state index is 12.9. The molecule has 2 aliphatic heterocycles. The average Bonchev–Trinajstić information content (AvgIpc) is 3.91. The number of carbonyl (C=O) groups excluding carboxylic acids is 2. The fourth-order valence-electron chi connectivity index (χ4n) is 5.90. The van der Waals surface area contributed by atoms with Crippen molar-refractivity contribution < 1.29 is 76.3 Å². The summed E-state index contributed by atoms with van der Waals surface area (Å²) in [5, 5.41) is 42.4. The lowest BCUT2D eigenvalue weighted by molar-refractivity contribution is -0.765. The number of nitrogens with two attached hydrogens (primary N) is 1. The van der Waals surface area contributed by atoms with E-state index in [1.54, 1.807) is 31.2 Å². The third kappa shape index (κ3) is 8.15. The Balaban J connectivity index is 1.07. The summed E-state index contributed by atoms with van der Waals surface area (Å²) < 4.78 is 52.4. The van der Waals surface area contributed by atoms with Gasteiger partial charge in [-0.2, -0.15) is 4.57 Å². The van der Waals surface area contributed by atoms with Gasteiger partial charge in [-0.3, -0.25) is 28.1 Å². The van der Waals surface area contributed by atoms with Crippen LogP contribution >= 0.6 is 15.6 Å². The van der Waals surface area contributed by atoms with Crippen LogP contribution in [0, 0.1) is 0 Å². The van der Waals surface area contributed by atoms with Crippen LogP contribution in [0.15, 0.2) is 61.5 Å². The molecule has 1 aliphatic carbocycles. The number of hydrogen-bond donors (Lipinski definition) is 6. The monoisotopic (exact) mass is 783 g/mol. The van der Waals surface area contributed by atoms with Crippen molar-refractivity contribution in [3.8, 4) is 0 Å². The highest BCUT2D eigenvalue weighted by atomic mass is 31.3. The number of aliphatic hydroxyl groups excluding tert-OH is 4. The molecule has 0 aromatic carbocycles. The fraction of sp³-hybridized carbons (Fsp3) is 0.448. The predicted molar refractivity (Wildman–Crippen MR) is 173 cm³/mol. The largest absolute Gasteiger partial charge is 0.756 e. The molecule has 10 atom stereocenters. The van der Waals surface area contributed by atoms with Crippen molar-refractivity contribution in [2.45, 2.75) is 68.5 Å². The van der Waals surface area contributed by atoms with Crippen molar-refractivity contribution in [2.75, 3.05) is 18.1 Å². The van der Waals surface area contributed by atoms with Crippen LogP contribution in [-0.4, -0.2) is 113 Å². The smallest absolute Gasteiger partial charge is 0.478 e. The Morgan fingerprint density at radius 3 is 2.40 bits per heavy atom. The van der Waals surface area contributed by atoms with E-state index >= 15 is 0 Å². The molecule has 22 nitrogen and oxygen atoms in total. The first-order valence-corrected chi connectivity index (χ1v) is 18.9. The Morgan fingerprint density at radius 2 is 1.70 bits per heavy atom. The number of aliphatic hydroxyl groups is 4. The van der Waals surface area contributed by atoms with E-state index in [0.29, 0.717) is 0 Å². The number of anilines is 1. The minimum atomic E-state index is -5.67. The first kappa shape index (κ1) is 38.9. The highest BCUT2D eigenvalue weighted by molar-refractivity contribution is 7.60. The Kier molecular flexibility index (Phi) is 11.3. The van der Waals surface area contributed by atoms with Crippen molar-refractivity contribution in [1.82, 2.24) is 19.5 Å². The van der Waals surface area contributed by atoms with Crippen molar-refractivity contribution in [2.24, 2.45) is 5.73 Å². The third-order valence-electron chi connectivity index (χ3n) is 8.52. The number of hydrogen-bond acceptors (Lipinski definition) is 17. The SMILES string of the molecule is CCC(=O)N(c1ncnc2c1ncn2[C@@H]1O[C@H](COP(=O)(O)OP(=O)([O-])OC[C@H]2O[C@@H]([n+]3cccc(C(N)=O)c3)[C@H](O)[C@@H]2O)[C@@H](O)[C@H]1O)C1C=CC=C1. The van der Waals surface area contributed by atoms with Gasteiger partial charge < -0.3 is 49.9 Å². The average molecular weight is 784 g/mol. The molecule has 0 spiro atoms. The van der Waals surface area contributed by atoms with Crippen LogP contribution in [0.4, 0.5) is 5.82 Å². The molecule has 286 valence electrons. The number of carbonyl (C=O) groups is 2. The molecule has 2 saturated heterocycles. The van der Waals surface area contributed by atoms with Crippen molar-refractivity contribution in [3.05, 3.63) is 67.0 Å². The van der Waals surface area contributed by atoms with Crippen LogP contribution in [0.5, 0.6) is 0 Å². The van der Waals surface area contributed by atoms with Crippen molar-refractivity contribution >= 4 is 44.4 Å². The molecule has 0 saturated carbocycles. The van der Waals surface area contributed by atoms with E-state index < -0.39 is 89.9 Å². The van der Waals surface area contributed by atoms with Gasteiger partial charge in [0.2, 0.25) is 5.91 Å². The lowest BCUT2D eigenvalue weighted by Gasteiger charge is -2.26. The molecule has 5 heterocycles. The number of fused-ring (bicyclic) bond motifs is 1. The summed E-state index contributed by atoms with van der Waals surface area (Å²) in [6.07, 6.45) is -0.0778. The Bertz CT molecular complexity index is 2000. The van der Waals surface area contributed by atoms with E-state index in [-0.39, 0.29) is 34.9 Å². The quantitative estimate of drug-likeness (QED) is 0.0761. The number of pyridine rings is 1. The molecular formula is C29H35N7O15P2. The Hall–Kier alpha value is -3.86. The number of amides is 2. The molecule has 0 bridgehead atoms. The molecule has 2 unspecified atom stereocenters. The van der Waals surface area contributed by atoms with Crippen LogP contribution in [-0.2, 0) is 36.8 Å². The second-order valence-electron chi connectivity index (χ2n) is 12.0. The maximum atomic E-state index is 12.9. The zero-order valence-corrected chi connectivity index (χ0v) is 29.4. The standard InChI is InChI=1S/C29H35N7O15P2/c1-2-19(37)36(16-7-3-4-8-16)27-20-26(31-13-32-27)35(14-33-20)29-24(41)22(39)18(50-29)12-48-53(45,46)51-52(43,44)47-11-17-21(38)23(40)28(49-17)34-9-5-6-15(10-34)25(30)42/h3-10,13-14,16-18,21-24,28-29,38-41H,2,11-12H2,1H3,(H3-,30,42,43,44,45,46)/t17-,18-,21-,22-,23-,24-,28-,29-/m1/s1. The molecule has 7 N–H and O–H groups in total. The van der Waals surface area contributed by atoms with Crippen LogP contribution in [0.1, 0.15) is 36.2 Å². The Labute approximate surface area is 299 Å². The second kappa shape index (κ2) is 15.5. The first-order chi connectivity index (χ1) is 25.1. The number of phosphoric ester groups is 2. The Morgan fingerprint density at radius 1 is 1.02 bits per heavy atom. The van der Waals surface area contributed by atoms with E-state index in [1.807, 2.05) is 0 Å². The first-order valence-electron chi connectivity index (χ1n) is 15.9. The topological polar surface area (TPSA) is 315 Å². The van der Waals surface area contributed by atoms with Gasteiger partial charge in [0.1, 0.15) is 42.4 Å². The van der Waals surface area contributed by atoms with Gasteiger partial charge in [-0.25, -0.2) is 23.8 Å². The maximum Gasteiger partial charge on any atom is 0.478 e. The summed E-state index contributed by atoms with van der Waals surface area (Å²) in [6, 6.07) is 2.38. The zero-order valence-electron chi connectivity index (χ0n) is 27.6. The fourth-order valence-corrected chi connectivity index (χ4v) is 7.96. The number of primary amides is 1. The lowest BCUT2D eigenvalue weighted by Crippen LogP contribution is -2.46. The van der Waals surface area contributed by atoms with Gasteiger partial charge in [0, 0.05) is 12.5 Å². The molecule has 53 heavy (non-hydrogen) atoms. The molecule has 6 rings (SSSR count). The van der Waals surface area contributed by atoms with E-state index in [2.05, 4.69) is 23.8 Å². The van der Waals surface area contributed by atoms with Crippen molar-refractivity contribution in [3.63, 3.8) is 0 Å². The minimum Gasteiger partial charge on any atom is -0.756 e. The molecule has 3 aromatic rings. The number of aromatic nitrogens is 5. The van der Waals surface area contributed by atoms with Crippen LogP contribution in [0.25, 0.3) is 11.2 Å². The van der Waals surface area contributed by atoms with Gasteiger partial charge in [-0.15, -0.1) is 0 Å². The number of phosphoric acid groups is 2. The van der Waals surface area contributed by atoms with E-state index in [9.17, 15) is 48.9 Å².